The van der Waals surface area contributed by atoms with Crippen LogP contribution in [0.25, 0.3) is 6.08 Å². The first-order valence-corrected chi connectivity index (χ1v) is 14.1. The van der Waals surface area contributed by atoms with Gasteiger partial charge < -0.3 is 19.5 Å². The summed E-state index contributed by atoms with van der Waals surface area (Å²) >= 11 is 15.5. The summed E-state index contributed by atoms with van der Waals surface area (Å²) in [5, 5.41) is 13.3. The molecule has 41 heavy (non-hydrogen) atoms. The van der Waals surface area contributed by atoms with Crippen molar-refractivity contribution in [3.63, 3.8) is 0 Å². The van der Waals surface area contributed by atoms with Crippen molar-refractivity contribution < 1.29 is 19.0 Å². The van der Waals surface area contributed by atoms with E-state index >= 15 is 0 Å². The van der Waals surface area contributed by atoms with Gasteiger partial charge in [0.25, 0.3) is 5.91 Å². The molecule has 0 fully saturated rings. The zero-order valence-corrected chi connectivity index (χ0v) is 25.1. The number of nitrogens with zero attached hydrogens (tertiary/aromatic N) is 1. The van der Waals surface area contributed by atoms with Gasteiger partial charge >= 0.3 is 0 Å². The molecule has 0 spiro atoms. The molecule has 1 amide bonds. The summed E-state index contributed by atoms with van der Waals surface area (Å²) in [5.41, 5.74) is 2.96. The highest BCUT2D eigenvalue weighted by molar-refractivity contribution is 9.10. The quantitative estimate of drug-likeness (QED) is 0.129. The van der Waals surface area contributed by atoms with Crippen LogP contribution in [-0.2, 0) is 18.0 Å². The first-order chi connectivity index (χ1) is 19.8. The lowest BCUT2D eigenvalue weighted by atomic mass is 10.1. The number of ether oxygens (including phenoxy) is 3. The SMILES string of the molecule is CCOc1cc(/C=C(\C#N)C(=O)Nc2ccc(OCc3ccc(Br)cc3)cc2)ccc1OCc1ccc(Cl)c(Cl)c1. The van der Waals surface area contributed by atoms with Crippen LogP contribution in [0, 0.1) is 11.3 Å². The van der Waals surface area contributed by atoms with Crippen molar-refractivity contribution in [3.8, 4) is 23.3 Å². The van der Waals surface area contributed by atoms with Gasteiger partial charge in [0.1, 0.15) is 30.6 Å². The molecule has 0 heterocycles. The van der Waals surface area contributed by atoms with Gasteiger partial charge in [0.15, 0.2) is 11.5 Å². The van der Waals surface area contributed by atoms with Crippen molar-refractivity contribution >= 4 is 56.8 Å². The van der Waals surface area contributed by atoms with E-state index in [1.54, 1.807) is 54.6 Å². The second-order valence-corrected chi connectivity index (χ2v) is 10.5. The van der Waals surface area contributed by atoms with Crippen LogP contribution >= 0.6 is 39.1 Å². The van der Waals surface area contributed by atoms with E-state index in [9.17, 15) is 10.1 Å². The van der Waals surface area contributed by atoms with E-state index in [0.29, 0.717) is 51.8 Å². The third kappa shape index (κ3) is 8.76. The summed E-state index contributed by atoms with van der Waals surface area (Å²) < 4.78 is 18.5. The Kier molecular flexibility index (Phi) is 10.7. The number of halogens is 3. The van der Waals surface area contributed by atoms with Gasteiger partial charge in [-0.1, -0.05) is 63.4 Å². The average Bonchev–Trinajstić information content (AvgIpc) is 2.97. The van der Waals surface area contributed by atoms with Crippen LogP contribution < -0.4 is 19.5 Å². The number of anilines is 1. The number of rotatable bonds is 11. The van der Waals surface area contributed by atoms with Crippen LogP contribution in [0.4, 0.5) is 5.69 Å². The zero-order chi connectivity index (χ0) is 29.2. The molecule has 4 rings (SSSR count). The number of hydrogen-bond donors (Lipinski definition) is 1. The summed E-state index contributed by atoms with van der Waals surface area (Å²) in [4.78, 5) is 12.8. The monoisotopic (exact) mass is 650 g/mol. The molecule has 0 saturated carbocycles. The Balaban J connectivity index is 1.40. The van der Waals surface area contributed by atoms with Gasteiger partial charge in [-0.25, -0.2) is 0 Å². The highest BCUT2D eigenvalue weighted by Crippen LogP contribution is 2.31. The summed E-state index contributed by atoms with van der Waals surface area (Å²) in [7, 11) is 0. The lowest BCUT2D eigenvalue weighted by molar-refractivity contribution is -0.112. The van der Waals surface area contributed by atoms with E-state index in [-0.39, 0.29) is 12.2 Å². The molecule has 0 aliphatic carbocycles. The second-order valence-electron chi connectivity index (χ2n) is 8.74. The van der Waals surface area contributed by atoms with Crippen LogP contribution in [0.3, 0.4) is 0 Å². The van der Waals surface area contributed by atoms with Gasteiger partial charge in [0.2, 0.25) is 0 Å². The van der Waals surface area contributed by atoms with Crippen molar-refractivity contribution in [1.82, 2.24) is 0 Å². The van der Waals surface area contributed by atoms with Gasteiger partial charge in [0.05, 0.1) is 16.7 Å². The van der Waals surface area contributed by atoms with Crippen LogP contribution in [0.15, 0.2) is 95.0 Å². The molecule has 208 valence electrons. The van der Waals surface area contributed by atoms with Crippen LogP contribution in [-0.4, -0.2) is 12.5 Å². The Labute approximate surface area is 257 Å². The number of nitrogens with one attached hydrogen (secondary N) is 1. The van der Waals surface area contributed by atoms with Crippen LogP contribution in [0.5, 0.6) is 17.2 Å². The van der Waals surface area contributed by atoms with E-state index in [1.807, 2.05) is 43.3 Å². The molecule has 4 aromatic carbocycles. The maximum absolute atomic E-state index is 12.8. The molecule has 6 nitrogen and oxygen atoms in total. The molecule has 0 saturated heterocycles. The number of hydrogen-bond acceptors (Lipinski definition) is 5. The number of nitriles is 1. The predicted molar refractivity (Wildman–Crippen MR) is 166 cm³/mol. The Bertz CT molecular complexity index is 1580. The minimum Gasteiger partial charge on any atom is -0.490 e. The predicted octanol–water partition coefficient (Wildman–Crippen LogP) is 8.86. The van der Waals surface area contributed by atoms with Gasteiger partial charge in [-0.15, -0.1) is 0 Å². The molecule has 0 radical (unpaired) electrons. The average molecular weight is 652 g/mol. The number of carbonyl (C=O) groups is 1. The Morgan fingerprint density at radius 2 is 1.56 bits per heavy atom. The minimum atomic E-state index is -0.533. The summed E-state index contributed by atoms with van der Waals surface area (Å²) in [6.45, 7) is 2.94. The second kappa shape index (κ2) is 14.6. The number of carbonyl (C=O) groups excluding carboxylic acids is 1. The first kappa shape index (κ1) is 30.0. The van der Waals surface area contributed by atoms with Crippen molar-refractivity contribution in [2.75, 3.05) is 11.9 Å². The van der Waals surface area contributed by atoms with Gasteiger partial charge in [-0.2, -0.15) is 5.26 Å². The van der Waals surface area contributed by atoms with Crippen LogP contribution in [0.2, 0.25) is 10.0 Å². The topological polar surface area (TPSA) is 80.6 Å². The molecule has 0 aliphatic rings. The maximum Gasteiger partial charge on any atom is 0.266 e. The molecule has 0 bridgehead atoms. The fourth-order valence-electron chi connectivity index (χ4n) is 3.69. The highest BCUT2D eigenvalue weighted by Gasteiger charge is 2.12. The minimum absolute atomic E-state index is 0.0625. The molecular weight excluding hydrogens is 627 g/mol. The van der Waals surface area contributed by atoms with E-state index < -0.39 is 5.91 Å². The molecule has 0 aromatic heterocycles. The molecule has 0 atom stereocenters. The largest absolute Gasteiger partial charge is 0.490 e. The third-order valence-corrected chi connectivity index (χ3v) is 7.02. The Morgan fingerprint density at radius 1 is 0.854 bits per heavy atom. The fraction of sp³-hybridized carbons (Fsp3) is 0.125. The molecule has 4 aromatic rings. The Hall–Kier alpha value is -3.96. The van der Waals surface area contributed by atoms with Gasteiger partial charge in [-0.3, -0.25) is 4.79 Å². The molecular formula is C32H25BrCl2N2O4. The number of amides is 1. The smallest absolute Gasteiger partial charge is 0.266 e. The van der Waals surface area contributed by atoms with Gasteiger partial charge in [0, 0.05) is 10.2 Å². The molecule has 0 aliphatic heterocycles. The van der Waals surface area contributed by atoms with Crippen molar-refractivity contribution in [2.24, 2.45) is 0 Å². The first-order valence-electron chi connectivity index (χ1n) is 12.6. The molecule has 0 unspecified atom stereocenters. The lowest BCUT2D eigenvalue weighted by Gasteiger charge is -2.13. The standard InChI is InChI=1S/C32H25BrCl2N2O4/c1-2-39-31-17-22(6-14-30(31)41-20-23-5-13-28(34)29(35)16-23)15-24(18-36)32(38)37-26-9-11-27(12-10-26)40-19-21-3-7-25(33)8-4-21/h3-17H,2,19-20H2,1H3,(H,37,38)/b24-15+. The maximum atomic E-state index is 12.8. The summed E-state index contributed by atoms with van der Waals surface area (Å²) in [6, 6.07) is 27.3. The fourth-order valence-corrected chi connectivity index (χ4v) is 4.27. The summed E-state index contributed by atoms with van der Waals surface area (Å²) in [5.74, 6) is 1.12. The van der Waals surface area contributed by atoms with E-state index in [2.05, 4.69) is 21.2 Å². The molecule has 1 N–H and O–H groups in total. The summed E-state index contributed by atoms with van der Waals surface area (Å²) in [6.07, 6.45) is 1.50. The van der Waals surface area contributed by atoms with Crippen LogP contribution in [0.1, 0.15) is 23.6 Å². The lowest BCUT2D eigenvalue weighted by Crippen LogP contribution is -2.13. The van der Waals surface area contributed by atoms with E-state index in [1.165, 1.54) is 6.08 Å². The van der Waals surface area contributed by atoms with Gasteiger partial charge in [-0.05, 0) is 90.4 Å². The normalized spacial score (nSPS) is 11.0. The van der Waals surface area contributed by atoms with E-state index in [4.69, 9.17) is 37.4 Å². The van der Waals surface area contributed by atoms with Crippen molar-refractivity contribution in [2.45, 2.75) is 20.1 Å². The molecule has 9 heteroatoms. The van der Waals surface area contributed by atoms with Crippen molar-refractivity contribution in [3.05, 3.63) is 122 Å². The third-order valence-electron chi connectivity index (χ3n) is 5.75. The highest BCUT2D eigenvalue weighted by atomic mass is 79.9. The Morgan fingerprint density at radius 3 is 2.24 bits per heavy atom. The zero-order valence-electron chi connectivity index (χ0n) is 22.0. The van der Waals surface area contributed by atoms with Crippen molar-refractivity contribution in [1.29, 1.82) is 5.26 Å². The number of benzene rings is 4. The van der Waals surface area contributed by atoms with E-state index in [0.717, 1.165) is 15.6 Å².